The standard InChI is InChI=1S/C10H11N3S3/c1-3-14-5-7(11-1)10-13-8(6-16-10)9-12-2-4-15-9/h2,4,6-7,11H,1,3,5H2. The highest BCUT2D eigenvalue weighted by molar-refractivity contribution is 7.99. The summed E-state index contributed by atoms with van der Waals surface area (Å²) in [6.07, 6.45) is 1.83. The minimum Gasteiger partial charge on any atom is -0.306 e. The van der Waals surface area contributed by atoms with Crippen molar-refractivity contribution in [2.45, 2.75) is 6.04 Å². The summed E-state index contributed by atoms with van der Waals surface area (Å²) in [5, 5.41) is 9.81. The number of nitrogens with zero attached hydrogens (tertiary/aromatic N) is 2. The Morgan fingerprint density at radius 2 is 2.38 bits per heavy atom. The molecule has 0 aliphatic carbocycles. The molecule has 3 heterocycles. The van der Waals surface area contributed by atoms with Crippen molar-refractivity contribution in [1.29, 1.82) is 0 Å². The molecule has 1 fully saturated rings. The molecule has 0 spiro atoms. The smallest absolute Gasteiger partial charge is 0.142 e. The fraction of sp³-hybridized carbons (Fsp3) is 0.400. The molecule has 1 aliphatic rings. The van der Waals surface area contributed by atoms with Gasteiger partial charge < -0.3 is 5.32 Å². The van der Waals surface area contributed by atoms with E-state index in [-0.39, 0.29) is 0 Å². The Balaban J connectivity index is 1.82. The van der Waals surface area contributed by atoms with E-state index in [2.05, 4.69) is 20.7 Å². The van der Waals surface area contributed by atoms with E-state index in [1.807, 2.05) is 23.3 Å². The maximum atomic E-state index is 4.67. The van der Waals surface area contributed by atoms with Crippen LogP contribution < -0.4 is 5.32 Å². The molecule has 1 atom stereocenters. The van der Waals surface area contributed by atoms with Gasteiger partial charge in [-0.1, -0.05) is 0 Å². The summed E-state index contributed by atoms with van der Waals surface area (Å²) < 4.78 is 0. The van der Waals surface area contributed by atoms with Crippen LogP contribution in [0.2, 0.25) is 0 Å². The molecule has 2 aromatic heterocycles. The number of nitrogens with one attached hydrogen (secondary N) is 1. The summed E-state index contributed by atoms with van der Waals surface area (Å²) in [4.78, 5) is 8.95. The van der Waals surface area contributed by atoms with Gasteiger partial charge in [-0.3, -0.25) is 0 Å². The Morgan fingerprint density at radius 3 is 3.12 bits per heavy atom. The van der Waals surface area contributed by atoms with E-state index in [1.54, 1.807) is 22.7 Å². The molecule has 0 aromatic carbocycles. The highest BCUT2D eigenvalue weighted by Gasteiger charge is 2.19. The van der Waals surface area contributed by atoms with E-state index in [4.69, 9.17) is 0 Å². The minimum atomic E-state index is 0.428. The lowest BCUT2D eigenvalue weighted by Crippen LogP contribution is -2.30. The molecule has 1 N–H and O–H groups in total. The molecule has 1 saturated heterocycles. The quantitative estimate of drug-likeness (QED) is 0.909. The Kier molecular flexibility index (Phi) is 3.23. The number of aromatic nitrogens is 2. The van der Waals surface area contributed by atoms with Crippen molar-refractivity contribution in [2.24, 2.45) is 0 Å². The van der Waals surface area contributed by atoms with Crippen molar-refractivity contribution < 1.29 is 0 Å². The molecule has 2 aromatic rings. The van der Waals surface area contributed by atoms with Crippen LogP contribution in [0.1, 0.15) is 11.0 Å². The van der Waals surface area contributed by atoms with E-state index >= 15 is 0 Å². The maximum Gasteiger partial charge on any atom is 0.142 e. The topological polar surface area (TPSA) is 37.8 Å². The lowest BCUT2D eigenvalue weighted by molar-refractivity contribution is 0.592. The van der Waals surface area contributed by atoms with E-state index in [1.165, 1.54) is 10.8 Å². The third kappa shape index (κ3) is 2.15. The predicted molar refractivity (Wildman–Crippen MR) is 71.3 cm³/mol. The van der Waals surface area contributed by atoms with Crippen molar-refractivity contribution in [3.63, 3.8) is 0 Å². The summed E-state index contributed by atoms with van der Waals surface area (Å²) >= 11 is 5.37. The fourth-order valence-corrected chi connectivity index (χ4v) is 4.22. The highest BCUT2D eigenvalue weighted by atomic mass is 32.2. The number of thiazole rings is 2. The Hall–Kier alpha value is -0.430. The van der Waals surface area contributed by atoms with Crippen LogP contribution in [0, 0.1) is 0 Å². The van der Waals surface area contributed by atoms with Gasteiger partial charge in [0.05, 0.1) is 6.04 Å². The lowest BCUT2D eigenvalue weighted by Gasteiger charge is -2.20. The van der Waals surface area contributed by atoms with Crippen molar-refractivity contribution >= 4 is 34.4 Å². The minimum absolute atomic E-state index is 0.428. The van der Waals surface area contributed by atoms with Crippen LogP contribution in [0.4, 0.5) is 0 Å². The van der Waals surface area contributed by atoms with Gasteiger partial charge in [0.25, 0.3) is 0 Å². The average Bonchev–Trinajstić information content (AvgIpc) is 3.01. The van der Waals surface area contributed by atoms with Gasteiger partial charge in [0.15, 0.2) is 0 Å². The van der Waals surface area contributed by atoms with E-state index in [0.717, 1.165) is 23.0 Å². The third-order valence-corrected chi connectivity index (χ3v) is 5.21. The normalized spacial score (nSPS) is 21.1. The second-order valence-electron chi connectivity index (χ2n) is 3.49. The van der Waals surface area contributed by atoms with Crippen LogP contribution in [-0.4, -0.2) is 28.0 Å². The summed E-state index contributed by atoms with van der Waals surface area (Å²) in [5.74, 6) is 2.34. The molecule has 3 rings (SSSR count). The first kappa shape index (κ1) is 10.7. The molecule has 1 unspecified atom stereocenters. The van der Waals surface area contributed by atoms with Crippen LogP contribution in [0.25, 0.3) is 10.7 Å². The van der Waals surface area contributed by atoms with Crippen LogP contribution in [0.3, 0.4) is 0 Å². The number of rotatable bonds is 2. The molecular formula is C10H11N3S3. The molecule has 6 heteroatoms. The Bertz CT molecular complexity index is 446. The molecule has 84 valence electrons. The molecule has 0 radical (unpaired) electrons. The zero-order valence-electron chi connectivity index (χ0n) is 8.55. The lowest BCUT2D eigenvalue weighted by atomic mass is 10.3. The maximum absolute atomic E-state index is 4.67. The first-order chi connectivity index (χ1) is 7.93. The van der Waals surface area contributed by atoms with Crippen molar-refractivity contribution in [1.82, 2.24) is 15.3 Å². The highest BCUT2D eigenvalue weighted by Crippen LogP contribution is 2.29. The largest absolute Gasteiger partial charge is 0.306 e. The number of thioether (sulfide) groups is 1. The second-order valence-corrected chi connectivity index (χ2v) is 6.42. The first-order valence-electron chi connectivity index (χ1n) is 5.10. The van der Waals surface area contributed by atoms with E-state index < -0.39 is 0 Å². The van der Waals surface area contributed by atoms with E-state index in [0.29, 0.717) is 6.04 Å². The number of hydrogen-bond acceptors (Lipinski definition) is 6. The molecular weight excluding hydrogens is 258 g/mol. The van der Waals surface area contributed by atoms with Crippen molar-refractivity contribution in [3.8, 4) is 10.7 Å². The summed E-state index contributed by atoms with van der Waals surface area (Å²) in [6.45, 7) is 1.08. The van der Waals surface area contributed by atoms with Crippen molar-refractivity contribution in [2.75, 3.05) is 18.1 Å². The summed E-state index contributed by atoms with van der Waals surface area (Å²) in [6, 6.07) is 0.428. The predicted octanol–water partition coefficient (Wildman–Crippen LogP) is 2.64. The molecule has 1 aliphatic heterocycles. The van der Waals surface area contributed by atoms with E-state index in [9.17, 15) is 0 Å². The second kappa shape index (κ2) is 4.83. The molecule has 16 heavy (non-hydrogen) atoms. The van der Waals surface area contributed by atoms with Gasteiger partial charge in [-0.2, -0.15) is 11.8 Å². The van der Waals surface area contributed by atoms with Crippen LogP contribution in [0.15, 0.2) is 17.0 Å². The Morgan fingerprint density at radius 1 is 1.38 bits per heavy atom. The Labute approximate surface area is 106 Å². The van der Waals surface area contributed by atoms with Gasteiger partial charge in [-0.25, -0.2) is 9.97 Å². The van der Waals surface area contributed by atoms with Gasteiger partial charge in [0, 0.05) is 35.0 Å². The van der Waals surface area contributed by atoms with Crippen LogP contribution in [-0.2, 0) is 0 Å². The first-order valence-corrected chi connectivity index (χ1v) is 8.01. The number of hydrogen-bond donors (Lipinski definition) is 1. The summed E-state index contributed by atoms with van der Waals surface area (Å²) in [7, 11) is 0. The molecule has 0 saturated carbocycles. The van der Waals surface area contributed by atoms with Gasteiger partial charge in [0.2, 0.25) is 0 Å². The van der Waals surface area contributed by atoms with Gasteiger partial charge in [-0.05, 0) is 0 Å². The van der Waals surface area contributed by atoms with Crippen molar-refractivity contribution in [3.05, 3.63) is 22.0 Å². The van der Waals surface area contributed by atoms with Gasteiger partial charge >= 0.3 is 0 Å². The van der Waals surface area contributed by atoms with Crippen LogP contribution in [0.5, 0.6) is 0 Å². The molecule has 3 nitrogen and oxygen atoms in total. The van der Waals surface area contributed by atoms with Gasteiger partial charge in [0.1, 0.15) is 15.7 Å². The molecule has 0 bridgehead atoms. The van der Waals surface area contributed by atoms with Gasteiger partial charge in [-0.15, -0.1) is 22.7 Å². The zero-order chi connectivity index (χ0) is 10.8. The fourth-order valence-electron chi connectivity index (χ4n) is 1.62. The SMILES string of the molecule is c1csc(-c2csc(C3CSCCN3)n2)n1. The zero-order valence-corrected chi connectivity index (χ0v) is 11.0. The summed E-state index contributed by atoms with van der Waals surface area (Å²) in [5.41, 5.74) is 1.02. The van der Waals surface area contributed by atoms with Crippen LogP contribution >= 0.6 is 34.4 Å². The monoisotopic (exact) mass is 269 g/mol. The third-order valence-electron chi connectivity index (χ3n) is 2.39. The average molecular weight is 269 g/mol. The molecule has 0 amide bonds.